The van der Waals surface area contributed by atoms with Gasteiger partial charge in [-0.05, 0) is 30.7 Å². The van der Waals surface area contributed by atoms with Crippen molar-refractivity contribution in [2.24, 2.45) is 0 Å². The second-order valence-electron chi connectivity index (χ2n) is 6.30. The predicted octanol–water partition coefficient (Wildman–Crippen LogP) is 3.17. The van der Waals surface area contributed by atoms with Crippen LogP contribution < -0.4 is 14.8 Å². The lowest BCUT2D eigenvalue weighted by Crippen LogP contribution is -2.36. The molecular formula is C22H20N2O5. The number of carbonyl (C=O) groups excluding carboxylic acids is 2. The number of nitrogens with one attached hydrogen (secondary N) is 1. The van der Waals surface area contributed by atoms with Gasteiger partial charge in [0, 0.05) is 17.7 Å². The van der Waals surface area contributed by atoms with E-state index in [9.17, 15) is 14.8 Å². The first kappa shape index (κ1) is 19.9. The van der Waals surface area contributed by atoms with E-state index < -0.39 is 18.0 Å². The van der Waals surface area contributed by atoms with Crippen molar-refractivity contribution in [3.8, 4) is 5.75 Å². The van der Waals surface area contributed by atoms with E-state index in [0.717, 1.165) is 5.56 Å². The number of hydrogen-bond donors (Lipinski definition) is 1. The Morgan fingerprint density at radius 1 is 1.03 bits per heavy atom. The second-order valence-corrected chi connectivity index (χ2v) is 6.30. The maximum Gasteiger partial charge on any atom is 0.406 e. The number of rotatable bonds is 6. The van der Waals surface area contributed by atoms with Crippen molar-refractivity contribution in [1.82, 2.24) is 0 Å². The number of methoxy groups -OCH3 is 1. The molecule has 7 heteroatoms. The van der Waals surface area contributed by atoms with Crippen LogP contribution in [0.5, 0.6) is 5.75 Å². The Hall–Kier alpha value is -3.87. The highest BCUT2D eigenvalue weighted by Crippen LogP contribution is 2.28. The molecule has 29 heavy (non-hydrogen) atoms. The average molecular weight is 392 g/mol. The summed E-state index contributed by atoms with van der Waals surface area (Å²) in [6.45, 7) is 1.88. The highest BCUT2D eigenvalue weighted by atomic mass is 16.6. The molecule has 0 spiro atoms. The second kappa shape index (κ2) is 8.88. The Kier molecular flexibility index (Phi) is 6.09. The van der Waals surface area contributed by atoms with Gasteiger partial charge in [0.1, 0.15) is 5.75 Å². The Labute approximate surface area is 168 Å². The largest absolute Gasteiger partial charge is 0.618 e. The van der Waals surface area contributed by atoms with Gasteiger partial charge in [0.2, 0.25) is 6.10 Å². The average Bonchev–Trinajstić information content (AvgIpc) is 2.73. The van der Waals surface area contributed by atoms with Crippen LogP contribution in [0.25, 0.3) is 0 Å². The van der Waals surface area contributed by atoms with Crippen LogP contribution in [0.2, 0.25) is 0 Å². The van der Waals surface area contributed by atoms with Crippen LogP contribution >= 0.6 is 0 Å². The molecule has 7 nitrogen and oxygen atoms in total. The van der Waals surface area contributed by atoms with Crippen molar-refractivity contribution in [2.45, 2.75) is 13.0 Å². The molecule has 0 aliphatic carbocycles. The van der Waals surface area contributed by atoms with E-state index in [0.29, 0.717) is 21.7 Å². The van der Waals surface area contributed by atoms with Gasteiger partial charge in [-0.3, -0.25) is 4.79 Å². The first-order valence-electron chi connectivity index (χ1n) is 8.89. The molecular weight excluding hydrogens is 372 g/mol. The third-order valence-electron chi connectivity index (χ3n) is 4.21. The Balaban J connectivity index is 1.90. The molecule has 0 saturated heterocycles. The molecule has 1 amide bonds. The minimum Gasteiger partial charge on any atom is -0.618 e. The maximum absolute atomic E-state index is 13.0. The lowest BCUT2D eigenvalue weighted by atomic mass is 10.1. The fourth-order valence-electron chi connectivity index (χ4n) is 2.77. The monoisotopic (exact) mass is 392 g/mol. The number of ether oxygens (including phenoxy) is 2. The van der Waals surface area contributed by atoms with Crippen molar-refractivity contribution in [3.05, 3.63) is 95.0 Å². The maximum atomic E-state index is 13.0. The van der Waals surface area contributed by atoms with Gasteiger partial charge in [-0.15, -0.1) is 0 Å². The van der Waals surface area contributed by atoms with Gasteiger partial charge in [-0.25, -0.2) is 4.79 Å². The number of aromatic nitrogens is 1. The number of hydrogen-bond acceptors (Lipinski definition) is 5. The molecule has 0 radical (unpaired) electrons. The fraction of sp³-hybridized carbons (Fsp3) is 0.136. The zero-order valence-electron chi connectivity index (χ0n) is 16.0. The fourth-order valence-corrected chi connectivity index (χ4v) is 2.77. The van der Waals surface area contributed by atoms with Gasteiger partial charge in [-0.1, -0.05) is 36.4 Å². The van der Waals surface area contributed by atoms with Crippen LogP contribution in [-0.4, -0.2) is 19.0 Å². The van der Waals surface area contributed by atoms with Crippen LogP contribution in [0.3, 0.4) is 0 Å². The third-order valence-corrected chi connectivity index (χ3v) is 4.21. The number of esters is 1. The third kappa shape index (κ3) is 4.70. The summed E-state index contributed by atoms with van der Waals surface area (Å²) in [6.07, 6.45) is -0.0691. The zero-order chi connectivity index (χ0) is 20.8. The summed E-state index contributed by atoms with van der Waals surface area (Å²) in [7, 11) is 1.50. The van der Waals surface area contributed by atoms with Crippen molar-refractivity contribution < 1.29 is 23.8 Å². The van der Waals surface area contributed by atoms with Crippen LogP contribution in [0, 0.1) is 12.1 Å². The zero-order valence-corrected chi connectivity index (χ0v) is 16.0. The molecule has 2 aromatic carbocycles. The van der Waals surface area contributed by atoms with E-state index in [4.69, 9.17) is 9.47 Å². The van der Waals surface area contributed by atoms with E-state index in [2.05, 4.69) is 5.32 Å². The predicted molar refractivity (Wildman–Crippen MR) is 106 cm³/mol. The SMILES string of the molecule is COc1ccc(C)cc1NC(=O)[C@@H](OC(=O)c1cccc[n+]1[O-])c1ccccc1. The van der Waals surface area contributed by atoms with Crippen LogP contribution in [0.1, 0.15) is 27.7 Å². The number of carbonyl (C=O) groups is 2. The summed E-state index contributed by atoms with van der Waals surface area (Å²) in [5, 5.41) is 14.6. The van der Waals surface area contributed by atoms with E-state index in [1.54, 1.807) is 48.5 Å². The summed E-state index contributed by atoms with van der Waals surface area (Å²) in [5.41, 5.74) is 1.63. The van der Waals surface area contributed by atoms with Gasteiger partial charge < -0.3 is 20.0 Å². The topological polar surface area (TPSA) is 91.6 Å². The van der Waals surface area contributed by atoms with Gasteiger partial charge in [0.05, 0.1) is 12.8 Å². The molecule has 0 unspecified atom stereocenters. The van der Waals surface area contributed by atoms with E-state index in [1.165, 1.54) is 25.4 Å². The van der Waals surface area contributed by atoms with Gasteiger partial charge in [0.25, 0.3) is 5.91 Å². The number of nitrogens with zero attached hydrogens (tertiary/aromatic N) is 1. The summed E-state index contributed by atoms with van der Waals surface area (Å²) in [4.78, 5) is 25.6. The van der Waals surface area contributed by atoms with Gasteiger partial charge >= 0.3 is 11.7 Å². The smallest absolute Gasteiger partial charge is 0.406 e. The molecule has 1 N–H and O–H groups in total. The highest BCUT2D eigenvalue weighted by Gasteiger charge is 2.29. The molecule has 0 bridgehead atoms. The molecule has 3 aromatic rings. The molecule has 0 fully saturated rings. The van der Waals surface area contributed by atoms with E-state index >= 15 is 0 Å². The van der Waals surface area contributed by atoms with Crippen molar-refractivity contribution >= 4 is 17.6 Å². The normalized spacial score (nSPS) is 11.4. The number of aryl methyl sites for hydroxylation is 1. The molecule has 0 aliphatic heterocycles. The molecule has 0 aliphatic rings. The summed E-state index contributed by atoms with van der Waals surface area (Å²) >= 11 is 0. The lowest BCUT2D eigenvalue weighted by molar-refractivity contribution is -0.608. The van der Waals surface area contributed by atoms with Crippen molar-refractivity contribution in [1.29, 1.82) is 0 Å². The molecule has 1 heterocycles. The minimum atomic E-state index is -1.26. The van der Waals surface area contributed by atoms with Gasteiger partial charge in [0.15, 0.2) is 6.20 Å². The first-order valence-corrected chi connectivity index (χ1v) is 8.89. The summed E-state index contributed by atoms with van der Waals surface area (Å²) in [6, 6.07) is 18.3. The molecule has 3 rings (SSSR count). The minimum absolute atomic E-state index is 0.214. The standard InChI is InChI=1S/C22H20N2O5/c1-15-11-12-19(28-2)17(14-15)23-21(25)20(16-8-4-3-5-9-16)29-22(26)18-10-6-7-13-24(18)27/h3-14,20H,1-2H3,(H,23,25)/t20-/m0/s1. The quantitative estimate of drug-likeness (QED) is 0.395. The summed E-state index contributed by atoms with van der Waals surface area (Å²) in [5.74, 6) is -0.995. The molecule has 1 aromatic heterocycles. The van der Waals surface area contributed by atoms with Gasteiger partial charge in [-0.2, -0.15) is 4.73 Å². The summed E-state index contributed by atoms with van der Waals surface area (Å²) < 4.78 is 11.1. The van der Waals surface area contributed by atoms with Crippen molar-refractivity contribution in [2.75, 3.05) is 12.4 Å². The number of amides is 1. The Morgan fingerprint density at radius 2 is 1.76 bits per heavy atom. The highest BCUT2D eigenvalue weighted by molar-refractivity contribution is 5.98. The lowest BCUT2D eigenvalue weighted by Gasteiger charge is -2.19. The molecule has 0 saturated carbocycles. The van der Waals surface area contributed by atoms with E-state index in [-0.39, 0.29) is 5.69 Å². The first-order chi connectivity index (χ1) is 14.0. The number of benzene rings is 2. The molecule has 1 atom stereocenters. The van der Waals surface area contributed by atoms with Crippen LogP contribution in [0.4, 0.5) is 5.69 Å². The Bertz CT molecular complexity index is 1020. The van der Waals surface area contributed by atoms with E-state index in [1.807, 2.05) is 13.0 Å². The number of pyridine rings is 1. The molecule has 148 valence electrons. The number of anilines is 1. The van der Waals surface area contributed by atoms with Crippen molar-refractivity contribution in [3.63, 3.8) is 0 Å². The van der Waals surface area contributed by atoms with Crippen LogP contribution in [-0.2, 0) is 9.53 Å². The van der Waals surface area contributed by atoms with Crippen LogP contribution in [0.15, 0.2) is 72.9 Å². The Morgan fingerprint density at radius 3 is 2.45 bits per heavy atom.